The van der Waals surface area contributed by atoms with Crippen LogP contribution in [-0.4, -0.2) is 31.6 Å². The van der Waals surface area contributed by atoms with E-state index in [-0.39, 0.29) is 18.4 Å². The van der Waals surface area contributed by atoms with Crippen LogP contribution in [-0.2, 0) is 14.3 Å². The molecule has 0 heterocycles. The number of benzene rings is 1. The Morgan fingerprint density at radius 2 is 1.85 bits per heavy atom. The van der Waals surface area contributed by atoms with Gasteiger partial charge in [0.25, 0.3) is 5.91 Å². The molecule has 0 bridgehead atoms. The first-order chi connectivity index (χ1) is 9.43. The minimum Gasteiger partial charge on any atom is -0.484 e. The van der Waals surface area contributed by atoms with E-state index in [9.17, 15) is 9.59 Å². The Hall–Kier alpha value is -1.56. The first-order valence-electron chi connectivity index (χ1n) is 6.19. The van der Waals surface area contributed by atoms with Crippen LogP contribution in [0.1, 0.15) is 13.8 Å². The van der Waals surface area contributed by atoms with Crippen molar-refractivity contribution in [3.05, 3.63) is 28.7 Å². The summed E-state index contributed by atoms with van der Waals surface area (Å²) in [5, 5.41) is 2.60. The number of carbonyl (C=O) groups excluding carboxylic acids is 2. The molecule has 0 radical (unpaired) electrons. The predicted molar refractivity (Wildman–Crippen MR) is 78.4 cm³/mol. The summed E-state index contributed by atoms with van der Waals surface area (Å²) in [6.45, 7) is 3.51. The van der Waals surface area contributed by atoms with Gasteiger partial charge in [0.1, 0.15) is 11.8 Å². The number of amides is 1. The van der Waals surface area contributed by atoms with E-state index in [2.05, 4.69) is 26.0 Å². The van der Waals surface area contributed by atoms with Gasteiger partial charge in [0.2, 0.25) is 0 Å². The van der Waals surface area contributed by atoms with Crippen molar-refractivity contribution in [2.24, 2.45) is 5.92 Å². The molecule has 0 spiro atoms. The summed E-state index contributed by atoms with van der Waals surface area (Å²) in [5.74, 6) is -0.296. The van der Waals surface area contributed by atoms with Crippen LogP contribution in [0, 0.1) is 5.92 Å². The Kier molecular flexibility index (Phi) is 6.51. The van der Waals surface area contributed by atoms with Crippen molar-refractivity contribution in [1.29, 1.82) is 0 Å². The van der Waals surface area contributed by atoms with Crippen molar-refractivity contribution in [2.75, 3.05) is 13.7 Å². The summed E-state index contributed by atoms with van der Waals surface area (Å²) in [7, 11) is 1.29. The molecule has 1 atom stereocenters. The lowest BCUT2D eigenvalue weighted by Crippen LogP contribution is -2.46. The molecule has 0 aliphatic carbocycles. The Morgan fingerprint density at radius 1 is 1.25 bits per heavy atom. The highest BCUT2D eigenvalue weighted by Crippen LogP contribution is 2.15. The van der Waals surface area contributed by atoms with Crippen LogP contribution in [0.3, 0.4) is 0 Å². The lowest BCUT2D eigenvalue weighted by molar-refractivity contribution is -0.146. The second-order valence-corrected chi connectivity index (χ2v) is 5.47. The summed E-state index contributed by atoms with van der Waals surface area (Å²) in [6.07, 6.45) is 0. The Morgan fingerprint density at radius 3 is 2.35 bits per heavy atom. The minimum absolute atomic E-state index is 0.0564. The Balaban J connectivity index is 2.49. The maximum Gasteiger partial charge on any atom is 0.328 e. The monoisotopic (exact) mass is 343 g/mol. The van der Waals surface area contributed by atoms with E-state index in [1.54, 1.807) is 12.1 Å². The van der Waals surface area contributed by atoms with E-state index in [0.717, 1.165) is 4.47 Å². The van der Waals surface area contributed by atoms with E-state index in [0.29, 0.717) is 5.75 Å². The van der Waals surface area contributed by atoms with E-state index in [1.807, 2.05) is 26.0 Å². The Labute approximate surface area is 126 Å². The number of rotatable bonds is 6. The topological polar surface area (TPSA) is 64.6 Å². The van der Waals surface area contributed by atoms with Crippen LogP contribution in [0.4, 0.5) is 0 Å². The lowest BCUT2D eigenvalue weighted by atomic mass is 10.0. The van der Waals surface area contributed by atoms with Crippen LogP contribution in [0.15, 0.2) is 28.7 Å². The molecule has 1 rings (SSSR count). The molecule has 0 aliphatic rings. The fraction of sp³-hybridized carbons (Fsp3) is 0.429. The van der Waals surface area contributed by atoms with Gasteiger partial charge >= 0.3 is 5.97 Å². The first kappa shape index (κ1) is 16.5. The molecule has 6 heteroatoms. The predicted octanol–water partition coefficient (Wildman–Crippen LogP) is 2.14. The third-order valence-corrected chi connectivity index (χ3v) is 3.15. The minimum atomic E-state index is -0.666. The molecule has 0 aromatic heterocycles. The van der Waals surface area contributed by atoms with Gasteiger partial charge in [-0.05, 0) is 30.2 Å². The molecule has 5 nitrogen and oxygen atoms in total. The summed E-state index contributed by atoms with van der Waals surface area (Å²) in [5.41, 5.74) is 0. The molecule has 110 valence electrons. The summed E-state index contributed by atoms with van der Waals surface area (Å²) in [4.78, 5) is 23.3. The Bertz CT molecular complexity index is 459. The highest BCUT2D eigenvalue weighted by Gasteiger charge is 2.24. The smallest absolute Gasteiger partial charge is 0.328 e. The van der Waals surface area contributed by atoms with Gasteiger partial charge in [0, 0.05) is 4.47 Å². The first-order valence-corrected chi connectivity index (χ1v) is 6.99. The van der Waals surface area contributed by atoms with Crippen molar-refractivity contribution < 1.29 is 19.1 Å². The van der Waals surface area contributed by atoms with E-state index in [1.165, 1.54) is 7.11 Å². The number of ether oxygens (including phenoxy) is 2. The third kappa shape index (κ3) is 5.21. The number of hydrogen-bond donors (Lipinski definition) is 1. The van der Waals surface area contributed by atoms with Gasteiger partial charge in [-0.25, -0.2) is 4.79 Å². The summed E-state index contributed by atoms with van der Waals surface area (Å²) < 4.78 is 10.9. The molecule has 0 fully saturated rings. The van der Waals surface area contributed by atoms with Crippen molar-refractivity contribution in [3.8, 4) is 5.75 Å². The van der Waals surface area contributed by atoms with Gasteiger partial charge in [0.15, 0.2) is 6.61 Å². The maximum absolute atomic E-state index is 11.8. The fourth-order valence-electron chi connectivity index (χ4n) is 1.52. The molecule has 0 saturated heterocycles. The fourth-order valence-corrected chi connectivity index (χ4v) is 1.78. The highest BCUT2D eigenvalue weighted by atomic mass is 79.9. The molecule has 1 N–H and O–H groups in total. The van der Waals surface area contributed by atoms with Gasteiger partial charge in [0.05, 0.1) is 7.11 Å². The van der Waals surface area contributed by atoms with Crippen LogP contribution in [0.2, 0.25) is 0 Å². The van der Waals surface area contributed by atoms with Crippen molar-refractivity contribution in [1.82, 2.24) is 5.32 Å². The number of methoxy groups -OCH3 is 1. The number of hydrogen-bond acceptors (Lipinski definition) is 4. The largest absolute Gasteiger partial charge is 0.484 e. The van der Waals surface area contributed by atoms with Crippen molar-refractivity contribution in [2.45, 2.75) is 19.9 Å². The highest BCUT2D eigenvalue weighted by molar-refractivity contribution is 9.10. The number of nitrogens with one attached hydrogen (secondary N) is 1. The SMILES string of the molecule is COC(=O)C(NC(=O)COc1ccc(Br)cc1)C(C)C. The maximum atomic E-state index is 11.8. The molecule has 20 heavy (non-hydrogen) atoms. The van der Waals surface area contributed by atoms with Crippen molar-refractivity contribution >= 4 is 27.8 Å². The van der Waals surface area contributed by atoms with Gasteiger partial charge in [-0.1, -0.05) is 29.8 Å². The van der Waals surface area contributed by atoms with Gasteiger partial charge in [-0.15, -0.1) is 0 Å². The zero-order valence-corrected chi connectivity index (χ0v) is 13.3. The van der Waals surface area contributed by atoms with E-state index < -0.39 is 12.0 Å². The normalized spacial score (nSPS) is 11.8. The van der Waals surface area contributed by atoms with Crippen LogP contribution in [0.25, 0.3) is 0 Å². The molecule has 1 aromatic carbocycles. The average molecular weight is 344 g/mol. The zero-order valence-electron chi connectivity index (χ0n) is 11.7. The summed E-state index contributed by atoms with van der Waals surface area (Å²) >= 11 is 3.31. The molecule has 0 saturated carbocycles. The molecular formula is C14H18BrNO4. The molecule has 1 unspecified atom stereocenters. The second kappa shape index (κ2) is 7.89. The van der Waals surface area contributed by atoms with Crippen molar-refractivity contribution in [3.63, 3.8) is 0 Å². The number of carbonyl (C=O) groups is 2. The van der Waals surface area contributed by atoms with Gasteiger partial charge < -0.3 is 14.8 Å². The molecule has 1 amide bonds. The van der Waals surface area contributed by atoms with Crippen LogP contribution < -0.4 is 10.1 Å². The second-order valence-electron chi connectivity index (χ2n) is 4.55. The average Bonchev–Trinajstić information content (AvgIpc) is 2.43. The third-order valence-electron chi connectivity index (χ3n) is 2.62. The van der Waals surface area contributed by atoms with Crippen LogP contribution in [0.5, 0.6) is 5.75 Å². The number of halogens is 1. The van der Waals surface area contributed by atoms with Gasteiger partial charge in [-0.2, -0.15) is 0 Å². The quantitative estimate of drug-likeness (QED) is 0.803. The number of esters is 1. The lowest BCUT2D eigenvalue weighted by Gasteiger charge is -2.19. The van der Waals surface area contributed by atoms with E-state index in [4.69, 9.17) is 4.74 Å². The van der Waals surface area contributed by atoms with Gasteiger partial charge in [-0.3, -0.25) is 4.79 Å². The molecule has 0 aliphatic heterocycles. The standard InChI is InChI=1S/C14H18BrNO4/c1-9(2)13(14(18)19-3)16-12(17)8-20-11-6-4-10(15)5-7-11/h4-7,9,13H,8H2,1-3H3,(H,16,17). The van der Waals surface area contributed by atoms with E-state index >= 15 is 0 Å². The zero-order chi connectivity index (χ0) is 15.1. The molecule has 1 aromatic rings. The van der Waals surface area contributed by atoms with Crippen LogP contribution >= 0.6 is 15.9 Å². The molecular weight excluding hydrogens is 326 g/mol. The summed E-state index contributed by atoms with van der Waals surface area (Å²) in [6, 6.07) is 6.47.